The molecule has 6 nitrogen and oxygen atoms in total. The van der Waals surface area contributed by atoms with Crippen molar-refractivity contribution in [3.05, 3.63) is 11.2 Å². The monoisotopic (exact) mass is 292 g/mol. The van der Waals surface area contributed by atoms with Crippen molar-refractivity contribution in [3.8, 4) is 0 Å². The molecule has 0 fully saturated rings. The zero-order valence-corrected chi connectivity index (χ0v) is 12.0. The van der Waals surface area contributed by atoms with Crippen molar-refractivity contribution in [2.75, 3.05) is 6.54 Å². The zero-order valence-electron chi connectivity index (χ0n) is 10.4. The summed E-state index contributed by atoms with van der Waals surface area (Å²) in [5.41, 5.74) is 0. The Hall–Kier alpha value is -0.990. The number of carboxylic acids is 1. The maximum Gasteiger partial charge on any atom is 0.308 e. The van der Waals surface area contributed by atoms with Crippen LogP contribution in [0.5, 0.6) is 0 Å². The molecule has 0 saturated carbocycles. The Bertz CT molecular complexity index is 522. The van der Waals surface area contributed by atoms with E-state index in [0.29, 0.717) is 5.01 Å². The van der Waals surface area contributed by atoms with Crippen molar-refractivity contribution in [2.45, 2.75) is 25.0 Å². The Morgan fingerprint density at radius 3 is 2.56 bits per heavy atom. The van der Waals surface area contributed by atoms with E-state index in [-0.39, 0.29) is 16.7 Å². The molecule has 8 heteroatoms. The summed E-state index contributed by atoms with van der Waals surface area (Å²) < 4.78 is 26.1. The number of hydrogen-bond acceptors (Lipinski definition) is 5. The van der Waals surface area contributed by atoms with E-state index in [0.717, 1.165) is 11.3 Å². The van der Waals surface area contributed by atoms with Crippen LogP contribution in [0.25, 0.3) is 0 Å². The van der Waals surface area contributed by atoms with Gasteiger partial charge in [-0.05, 0) is 12.8 Å². The first-order chi connectivity index (χ1) is 8.24. The minimum atomic E-state index is -3.66. The number of sulfonamides is 1. The summed E-state index contributed by atoms with van der Waals surface area (Å²) in [7, 11) is -3.66. The number of rotatable bonds is 6. The van der Waals surface area contributed by atoms with Crippen LogP contribution >= 0.6 is 11.3 Å². The molecule has 0 aliphatic rings. The minimum Gasteiger partial charge on any atom is -0.481 e. The third-order valence-electron chi connectivity index (χ3n) is 2.48. The number of nitrogens with zero attached hydrogens (tertiary/aromatic N) is 1. The van der Waals surface area contributed by atoms with Gasteiger partial charge in [-0.1, -0.05) is 13.8 Å². The second kappa shape index (κ2) is 5.77. The van der Waals surface area contributed by atoms with Gasteiger partial charge in [-0.25, -0.2) is 18.1 Å². The molecule has 2 N–H and O–H groups in total. The maximum atomic E-state index is 11.9. The average Bonchev–Trinajstić information content (AvgIpc) is 2.64. The van der Waals surface area contributed by atoms with E-state index in [4.69, 9.17) is 5.11 Å². The molecule has 18 heavy (non-hydrogen) atoms. The summed E-state index contributed by atoms with van der Waals surface area (Å²) in [5.74, 6) is -1.89. The predicted molar refractivity (Wildman–Crippen MR) is 68.0 cm³/mol. The molecule has 1 rings (SSSR count). The van der Waals surface area contributed by atoms with Crippen molar-refractivity contribution < 1.29 is 18.3 Å². The van der Waals surface area contributed by atoms with Crippen LogP contribution in [0.1, 0.15) is 18.9 Å². The number of hydrogen-bond donors (Lipinski definition) is 2. The lowest BCUT2D eigenvalue weighted by Gasteiger charge is -2.16. The fourth-order valence-corrected chi connectivity index (χ4v) is 3.56. The molecule has 1 heterocycles. The third-order valence-corrected chi connectivity index (χ3v) is 5.28. The minimum absolute atomic E-state index is 0.105. The van der Waals surface area contributed by atoms with E-state index in [1.165, 1.54) is 6.20 Å². The highest BCUT2D eigenvalue weighted by Crippen LogP contribution is 2.18. The Morgan fingerprint density at radius 2 is 2.17 bits per heavy atom. The second-order valence-electron chi connectivity index (χ2n) is 4.24. The van der Waals surface area contributed by atoms with Gasteiger partial charge in [0.15, 0.2) is 4.21 Å². The molecule has 0 radical (unpaired) electrons. The van der Waals surface area contributed by atoms with E-state index < -0.39 is 21.9 Å². The molecule has 102 valence electrons. The number of thiazole rings is 1. The van der Waals surface area contributed by atoms with Gasteiger partial charge in [0.2, 0.25) is 0 Å². The smallest absolute Gasteiger partial charge is 0.308 e. The number of nitrogens with one attached hydrogen (secondary N) is 1. The lowest BCUT2D eigenvalue weighted by atomic mass is 9.97. The SMILES string of the molecule is Cc1ncc(S(=O)(=O)NCC(C(=O)O)C(C)C)s1. The summed E-state index contributed by atoms with van der Waals surface area (Å²) in [6.07, 6.45) is 1.27. The highest BCUT2D eigenvalue weighted by molar-refractivity contribution is 7.91. The lowest BCUT2D eigenvalue weighted by molar-refractivity contribution is -0.142. The molecule has 1 aromatic rings. The van der Waals surface area contributed by atoms with E-state index in [1.54, 1.807) is 20.8 Å². The Morgan fingerprint density at radius 1 is 1.56 bits per heavy atom. The number of aryl methyl sites for hydroxylation is 1. The van der Waals surface area contributed by atoms with Gasteiger partial charge in [-0.15, -0.1) is 11.3 Å². The van der Waals surface area contributed by atoms with Gasteiger partial charge in [-0.3, -0.25) is 4.79 Å². The number of carbonyl (C=O) groups is 1. The van der Waals surface area contributed by atoms with Crippen LogP contribution < -0.4 is 4.72 Å². The molecule has 1 unspecified atom stereocenters. The van der Waals surface area contributed by atoms with Crippen LogP contribution in [0, 0.1) is 18.8 Å². The standard InChI is InChI=1S/C10H16N2O4S2/c1-6(2)8(10(13)14)4-12-18(15,16)9-5-11-7(3)17-9/h5-6,8,12H,4H2,1-3H3,(H,13,14). The first-order valence-corrected chi connectivity index (χ1v) is 7.69. The van der Waals surface area contributed by atoms with Gasteiger partial charge < -0.3 is 5.11 Å². The molecule has 0 bridgehead atoms. The first-order valence-electron chi connectivity index (χ1n) is 5.39. The Kier molecular flexibility index (Phi) is 4.83. The van der Waals surface area contributed by atoms with Crippen molar-refractivity contribution in [1.82, 2.24) is 9.71 Å². The van der Waals surface area contributed by atoms with Crippen LogP contribution in [0.4, 0.5) is 0 Å². The lowest BCUT2D eigenvalue weighted by Crippen LogP contribution is -2.35. The van der Waals surface area contributed by atoms with Crippen LogP contribution in [0.2, 0.25) is 0 Å². The Balaban J connectivity index is 2.76. The van der Waals surface area contributed by atoms with Crippen molar-refractivity contribution >= 4 is 27.3 Å². The first kappa shape index (κ1) is 15.1. The summed E-state index contributed by atoms with van der Waals surface area (Å²) in [5, 5.41) is 9.62. The molecule has 1 atom stereocenters. The molecule has 0 aliphatic carbocycles. The summed E-state index contributed by atoms with van der Waals surface area (Å²) >= 11 is 1.05. The van der Waals surface area contributed by atoms with Gasteiger partial charge >= 0.3 is 5.97 Å². The van der Waals surface area contributed by atoms with E-state index in [2.05, 4.69) is 9.71 Å². The second-order valence-corrected chi connectivity index (χ2v) is 7.47. The molecule has 0 spiro atoms. The number of aliphatic carboxylic acids is 1. The van der Waals surface area contributed by atoms with Gasteiger partial charge in [-0.2, -0.15) is 0 Å². The fraction of sp³-hybridized carbons (Fsp3) is 0.600. The maximum absolute atomic E-state index is 11.9. The van der Waals surface area contributed by atoms with Crippen LogP contribution in [-0.2, 0) is 14.8 Å². The van der Waals surface area contributed by atoms with E-state index in [9.17, 15) is 13.2 Å². The average molecular weight is 292 g/mol. The zero-order chi connectivity index (χ0) is 13.9. The topological polar surface area (TPSA) is 96.4 Å². The van der Waals surface area contributed by atoms with Gasteiger partial charge in [0.25, 0.3) is 10.0 Å². The number of carboxylic acid groups (broad SMARTS) is 1. The third kappa shape index (κ3) is 3.76. The largest absolute Gasteiger partial charge is 0.481 e. The van der Waals surface area contributed by atoms with Gasteiger partial charge in [0.1, 0.15) is 0 Å². The fourth-order valence-electron chi connectivity index (χ4n) is 1.34. The van der Waals surface area contributed by atoms with Gasteiger partial charge in [0.05, 0.1) is 17.1 Å². The summed E-state index contributed by atoms with van der Waals surface area (Å²) in [6, 6.07) is 0. The quantitative estimate of drug-likeness (QED) is 0.818. The highest BCUT2D eigenvalue weighted by atomic mass is 32.2. The molecule has 0 saturated heterocycles. The highest BCUT2D eigenvalue weighted by Gasteiger charge is 2.25. The Labute approximate surface area is 110 Å². The van der Waals surface area contributed by atoms with Crippen LogP contribution in [-0.4, -0.2) is 31.0 Å². The van der Waals surface area contributed by atoms with Gasteiger partial charge in [0, 0.05) is 6.54 Å². The predicted octanol–water partition coefficient (Wildman–Crippen LogP) is 1.09. The van der Waals surface area contributed by atoms with E-state index in [1.807, 2.05) is 0 Å². The van der Waals surface area contributed by atoms with Crippen molar-refractivity contribution in [2.24, 2.45) is 11.8 Å². The summed E-state index contributed by atoms with van der Waals surface area (Å²) in [4.78, 5) is 14.8. The van der Waals surface area contributed by atoms with Crippen molar-refractivity contribution in [1.29, 1.82) is 0 Å². The molecular formula is C10H16N2O4S2. The molecule has 0 aliphatic heterocycles. The van der Waals surface area contributed by atoms with E-state index >= 15 is 0 Å². The van der Waals surface area contributed by atoms with Crippen LogP contribution in [0.15, 0.2) is 10.4 Å². The number of aromatic nitrogens is 1. The van der Waals surface area contributed by atoms with Crippen molar-refractivity contribution in [3.63, 3.8) is 0 Å². The molecule has 0 aromatic carbocycles. The molecule has 0 amide bonds. The summed E-state index contributed by atoms with van der Waals surface area (Å²) in [6.45, 7) is 5.07. The normalized spacial score (nSPS) is 13.8. The molecule has 1 aromatic heterocycles. The molecular weight excluding hydrogens is 276 g/mol. The van der Waals surface area contributed by atoms with Crippen LogP contribution in [0.3, 0.4) is 0 Å².